The molecule has 0 spiro atoms. The minimum Gasteiger partial charge on any atom is -0.352 e. The van der Waals surface area contributed by atoms with Crippen LogP contribution in [0.5, 0.6) is 0 Å². The number of rotatable bonds is 5. The third-order valence-electron chi connectivity index (χ3n) is 4.29. The van der Waals surface area contributed by atoms with Gasteiger partial charge in [0.05, 0.1) is 24.8 Å². The predicted octanol–water partition coefficient (Wildman–Crippen LogP) is 0.232. The van der Waals surface area contributed by atoms with Crippen molar-refractivity contribution in [2.75, 3.05) is 26.2 Å². The van der Waals surface area contributed by atoms with Crippen LogP contribution < -0.4 is 5.32 Å². The van der Waals surface area contributed by atoms with Crippen LogP contribution in [0.3, 0.4) is 0 Å². The molecule has 3 rings (SSSR count). The van der Waals surface area contributed by atoms with Crippen LogP contribution in [0.25, 0.3) is 10.9 Å². The molecule has 0 saturated carbocycles. The molecule has 2 heterocycles. The normalized spacial score (nSPS) is 15.0. The largest absolute Gasteiger partial charge is 0.352 e. The summed E-state index contributed by atoms with van der Waals surface area (Å²) in [5.74, 6) is -0.552. The first-order chi connectivity index (χ1) is 12.4. The number of nitrogens with zero attached hydrogens (tertiary/aromatic N) is 4. The second-order valence-electron chi connectivity index (χ2n) is 6.71. The predicted molar refractivity (Wildman–Crippen MR) is 96.2 cm³/mol. The van der Waals surface area contributed by atoms with E-state index >= 15 is 0 Å². The summed E-state index contributed by atoms with van der Waals surface area (Å²) in [6.07, 6.45) is 1.72. The Kier molecular flexibility index (Phi) is 5.20. The van der Waals surface area contributed by atoms with Crippen LogP contribution in [0.1, 0.15) is 13.8 Å². The first-order valence-electron chi connectivity index (χ1n) is 8.69. The van der Waals surface area contributed by atoms with E-state index in [9.17, 15) is 14.4 Å². The Morgan fingerprint density at radius 1 is 1.19 bits per heavy atom. The first kappa shape index (κ1) is 17.9. The molecule has 26 heavy (non-hydrogen) atoms. The van der Waals surface area contributed by atoms with Gasteiger partial charge in [-0.1, -0.05) is 18.2 Å². The van der Waals surface area contributed by atoms with Crippen LogP contribution in [0.15, 0.2) is 30.5 Å². The standard InChI is InChI=1S/C18H23N5O3/c1-13(2)20-16(24)10-21-7-8-22(11-17(21)25)18(26)12-23-15-6-4-3-5-14(15)9-19-23/h3-6,9,13H,7-8,10-12H2,1-2H3,(H,20,24). The zero-order valence-electron chi connectivity index (χ0n) is 15.0. The van der Waals surface area contributed by atoms with Crippen molar-refractivity contribution >= 4 is 28.6 Å². The van der Waals surface area contributed by atoms with Gasteiger partial charge in [0.2, 0.25) is 17.7 Å². The summed E-state index contributed by atoms with van der Waals surface area (Å²) in [6, 6.07) is 7.70. The highest BCUT2D eigenvalue weighted by molar-refractivity contribution is 5.89. The lowest BCUT2D eigenvalue weighted by atomic mass is 10.2. The molecule has 1 aromatic heterocycles. The van der Waals surface area contributed by atoms with Gasteiger partial charge in [0, 0.05) is 24.5 Å². The van der Waals surface area contributed by atoms with Crippen LogP contribution in [0, 0.1) is 0 Å². The molecule has 3 amide bonds. The lowest BCUT2D eigenvalue weighted by Crippen LogP contribution is -2.55. The Morgan fingerprint density at radius 3 is 2.69 bits per heavy atom. The van der Waals surface area contributed by atoms with E-state index in [4.69, 9.17) is 0 Å². The highest BCUT2D eigenvalue weighted by Crippen LogP contribution is 2.13. The molecule has 0 unspecified atom stereocenters. The fourth-order valence-corrected chi connectivity index (χ4v) is 3.01. The Bertz CT molecular complexity index is 829. The first-order valence-corrected chi connectivity index (χ1v) is 8.69. The van der Waals surface area contributed by atoms with E-state index in [-0.39, 0.29) is 43.4 Å². The maximum atomic E-state index is 12.5. The van der Waals surface area contributed by atoms with Crippen LogP contribution in [-0.2, 0) is 20.9 Å². The summed E-state index contributed by atoms with van der Waals surface area (Å²) in [4.78, 5) is 39.7. The topological polar surface area (TPSA) is 87.5 Å². The smallest absolute Gasteiger partial charge is 0.244 e. The lowest BCUT2D eigenvalue weighted by Gasteiger charge is -2.34. The fourth-order valence-electron chi connectivity index (χ4n) is 3.01. The quantitative estimate of drug-likeness (QED) is 0.830. The van der Waals surface area contributed by atoms with Gasteiger partial charge in [-0.25, -0.2) is 0 Å². The van der Waals surface area contributed by atoms with Crippen LogP contribution in [0.4, 0.5) is 0 Å². The third kappa shape index (κ3) is 4.01. The zero-order valence-corrected chi connectivity index (χ0v) is 15.0. The highest BCUT2D eigenvalue weighted by atomic mass is 16.2. The van der Waals surface area contributed by atoms with Gasteiger partial charge in [0.25, 0.3) is 0 Å². The van der Waals surface area contributed by atoms with Crippen molar-refractivity contribution in [3.05, 3.63) is 30.5 Å². The van der Waals surface area contributed by atoms with Gasteiger partial charge < -0.3 is 15.1 Å². The zero-order chi connectivity index (χ0) is 18.7. The maximum Gasteiger partial charge on any atom is 0.244 e. The number of piperazine rings is 1. The van der Waals surface area contributed by atoms with Crippen molar-refractivity contribution in [3.8, 4) is 0 Å². The molecule has 1 aliphatic rings. The molecule has 2 aromatic rings. The Morgan fingerprint density at radius 2 is 1.96 bits per heavy atom. The number of hydrogen-bond acceptors (Lipinski definition) is 4. The molecular weight excluding hydrogens is 334 g/mol. The number of para-hydroxylation sites is 1. The third-order valence-corrected chi connectivity index (χ3v) is 4.29. The van der Waals surface area contributed by atoms with Gasteiger partial charge >= 0.3 is 0 Å². The van der Waals surface area contributed by atoms with Crippen molar-refractivity contribution in [1.29, 1.82) is 0 Å². The monoisotopic (exact) mass is 357 g/mol. The Labute approximate surface area is 151 Å². The van der Waals surface area contributed by atoms with Gasteiger partial charge in [0.1, 0.15) is 6.54 Å². The van der Waals surface area contributed by atoms with Crippen molar-refractivity contribution < 1.29 is 14.4 Å². The second-order valence-corrected chi connectivity index (χ2v) is 6.71. The van der Waals surface area contributed by atoms with Gasteiger partial charge in [-0.05, 0) is 19.9 Å². The Hall–Kier alpha value is -2.90. The van der Waals surface area contributed by atoms with Crippen molar-refractivity contribution in [3.63, 3.8) is 0 Å². The van der Waals surface area contributed by atoms with Gasteiger partial charge in [0.15, 0.2) is 0 Å². The maximum absolute atomic E-state index is 12.5. The van der Waals surface area contributed by atoms with Gasteiger partial charge in [-0.2, -0.15) is 5.10 Å². The summed E-state index contributed by atoms with van der Waals surface area (Å²) < 4.78 is 1.64. The molecule has 0 aliphatic carbocycles. The van der Waals surface area contributed by atoms with E-state index in [2.05, 4.69) is 10.4 Å². The number of benzene rings is 1. The van der Waals surface area contributed by atoms with Gasteiger partial charge in [-0.3, -0.25) is 19.1 Å². The molecule has 0 radical (unpaired) electrons. The average molecular weight is 357 g/mol. The molecule has 1 N–H and O–H groups in total. The van der Waals surface area contributed by atoms with Crippen molar-refractivity contribution in [2.45, 2.75) is 26.4 Å². The average Bonchev–Trinajstić information content (AvgIpc) is 2.99. The van der Waals surface area contributed by atoms with Crippen LogP contribution >= 0.6 is 0 Å². The van der Waals surface area contributed by atoms with E-state index in [0.29, 0.717) is 13.1 Å². The molecule has 1 aromatic carbocycles. The van der Waals surface area contributed by atoms with E-state index in [1.165, 1.54) is 9.80 Å². The highest BCUT2D eigenvalue weighted by Gasteiger charge is 2.28. The van der Waals surface area contributed by atoms with Crippen LogP contribution in [-0.4, -0.2) is 69.5 Å². The number of nitrogens with one attached hydrogen (secondary N) is 1. The minimum atomic E-state index is -0.214. The minimum absolute atomic E-state index is 0.00695. The summed E-state index contributed by atoms with van der Waals surface area (Å²) in [7, 11) is 0. The SMILES string of the molecule is CC(C)NC(=O)CN1CCN(C(=O)Cn2ncc3ccccc32)CC1=O. The molecule has 138 valence electrons. The van der Waals surface area contributed by atoms with E-state index < -0.39 is 0 Å². The molecule has 1 aliphatic heterocycles. The fraction of sp³-hybridized carbons (Fsp3) is 0.444. The van der Waals surface area contributed by atoms with Crippen molar-refractivity contribution in [1.82, 2.24) is 24.9 Å². The molecule has 1 fully saturated rings. The summed E-state index contributed by atoms with van der Waals surface area (Å²) in [6.45, 7) is 4.63. The number of fused-ring (bicyclic) bond motifs is 1. The molecule has 0 bridgehead atoms. The van der Waals surface area contributed by atoms with Gasteiger partial charge in [-0.15, -0.1) is 0 Å². The molecule has 0 atom stereocenters. The van der Waals surface area contributed by atoms with E-state index in [0.717, 1.165) is 10.9 Å². The second kappa shape index (κ2) is 7.55. The van der Waals surface area contributed by atoms with E-state index in [1.807, 2.05) is 38.1 Å². The number of carbonyl (C=O) groups excluding carboxylic acids is 3. The number of carbonyl (C=O) groups is 3. The van der Waals surface area contributed by atoms with Crippen molar-refractivity contribution in [2.24, 2.45) is 0 Å². The molecule has 8 nitrogen and oxygen atoms in total. The summed E-state index contributed by atoms with van der Waals surface area (Å²) >= 11 is 0. The van der Waals surface area contributed by atoms with Crippen LogP contribution in [0.2, 0.25) is 0 Å². The molecule has 8 heteroatoms. The molecular formula is C18H23N5O3. The van der Waals surface area contributed by atoms with E-state index in [1.54, 1.807) is 10.9 Å². The number of aromatic nitrogens is 2. The number of hydrogen-bond donors (Lipinski definition) is 1. The number of amides is 3. The molecule has 1 saturated heterocycles. The Balaban J connectivity index is 1.57. The lowest BCUT2D eigenvalue weighted by molar-refractivity contribution is -0.147. The summed E-state index contributed by atoms with van der Waals surface area (Å²) in [5.41, 5.74) is 0.885. The summed E-state index contributed by atoms with van der Waals surface area (Å²) in [5, 5.41) is 7.99.